The van der Waals surface area contributed by atoms with Crippen LogP contribution in [-0.2, 0) is 4.79 Å². The highest BCUT2D eigenvalue weighted by molar-refractivity contribution is 5.83. The normalized spacial score (nSPS) is 15.7. The first-order valence-electron chi connectivity index (χ1n) is 9.63. The van der Waals surface area contributed by atoms with Crippen LogP contribution in [0.2, 0.25) is 0 Å². The van der Waals surface area contributed by atoms with Gasteiger partial charge < -0.3 is 10.2 Å². The summed E-state index contributed by atoms with van der Waals surface area (Å²) < 4.78 is 0. The molecule has 0 unspecified atom stereocenters. The van der Waals surface area contributed by atoms with Crippen molar-refractivity contribution in [3.63, 3.8) is 0 Å². The summed E-state index contributed by atoms with van der Waals surface area (Å²) in [5, 5.41) is 4.19. The largest absolute Gasteiger partial charge is 0.356 e. The highest BCUT2D eigenvalue weighted by atomic mass is 16.1. The van der Waals surface area contributed by atoms with Crippen LogP contribution in [0.4, 0.5) is 5.95 Å². The molecule has 1 N–H and O–H groups in total. The summed E-state index contributed by atoms with van der Waals surface area (Å²) >= 11 is 0. The Bertz CT molecular complexity index is 807. The van der Waals surface area contributed by atoms with Gasteiger partial charge in [0, 0.05) is 30.9 Å². The van der Waals surface area contributed by atoms with E-state index in [1.807, 2.05) is 6.92 Å². The van der Waals surface area contributed by atoms with E-state index in [2.05, 4.69) is 50.0 Å². The molecule has 2 aromatic rings. The van der Waals surface area contributed by atoms with Crippen molar-refractivity contribution in [2.24, 2.45) is 11.8 Å². The third-order valence-electron chi connectivity index (χ3n) is 5.32. The number of hydrogen-bond acceptors (Lipinski definition) is 4. The Balaban J connectivity index is 1.71. The van der Waals surface area contributed by atoms with Crippen molar-refractivity contribution in [2.75, 3.05) is 24.5 Å². The predicted molar refractivity (Wildman–Crippen MR) is 107 cm³/mol. The lowest BCUT2D eigenvalue weighted by Crippen LogP contribution is -2.42. The van der Waals surface area contributed by atoms with E-state index in [0.717, 1.165) is 55.0 Å². The van der Waals surface area contributed by atoms with E-state index in [0.29, 0.717) is 5.92 Å². The summed E-state index contributed by atoms with van der Waals surface area (Å²) in [7, 11) is 0. The monoisotopic (exact) mass is 354 g/mol. The molecule has 3 rings (SSSR count). The number of benzene rings is 1. The van der Waals surface area contributed by atoms with Gasteiger partial charge in [-0.2, -0.15) is 0 Å². The van der Waals surface area contributed by atoms with Crippen LogP contribution in [0.25, 0.3) is 10.9 Å². The molecule has 5 heteroatoms. The van der Waals surface area contributed by atoms with Crippen LogP contribution < -0.4 is 10.2 Å². The number of carbonyl (C=O) groups excluding carboxylic acids is 1. The van der Waals surface area contributed by atoms with Gasteiger partial charge in [0.05, 0.1) is 11.2 Å². The summed E-state index contributed by atoms with van der Waals surface area (Å²) in [6.45, 7) is 12.9. The molecule has 0 atom stereocenters. The quantitative estimate of drug-likeness (QED) is 0.912. The third kappa shape index (κ3) is 3.97. The lowest BCUT2D eigenvalue weighted by Gasteiger charge is -2.31. The van der Waals surface area contributed by atoms with Gasteiger partial charge in [-0.05, 0) is 62.8 Å². The van der Waals surface area contributed by atoms with Gasteiger partial charge in [0.2, 0.25) is 11.9 Å². The van der Waals surface area contributed by atoms with Crippen molar-refractivity contribution in [1.29, 1.82) is 0 Å². The molecular formula is C21H30N4O. The molecule has 140 valence electrons. The molecule has 0 aliphatic carbocycles. The summed E-state index contributed by atoms with van der Waals surface area (Å²) in [4.78, 5) is 24.0. The average molecular weight is 354 g/mol. The van der Waals surface area contributed by atoms with E-state index in [4.69, 9.17) is 9.97 Å². The molecule has 1 amide bonds. The number of aromatic nitrogens is 2. The standard InChI is InChI=1S/C21H30N4O/c1-13(2)12-22-20(26)17-6-8-25(9-7-17)21-23-16(5)18-10-14(3)15(4)11-19(18)24-21/h10-11,13,17H,6-9,12H2,1-5H3,(H,22,26). The second-order valence-electron chi connectivity index (χ2n) is 7.96. The maximum Gasteiger partial charge on any atom is 0.226 e. The van der Waals surface area contributed by atoms with Crippen LogP contribution in [-0.4, -0.2) is 35.5 Å². The smallest absolute Gasteiger partial charge is 0.226 e. The molecule has 1 fully saturated rings. The van der Waals surface area contributed by atoms with Gasteiger partial charge in [0.1, 0.15) is 0 Å². The van der Waals surface area contributed by atoms with Gasteiger partial charge in [-0.3, -0.25) is 4.79 Å². The van der Waals surface area contributed by atoms with Crippen LogP contribution in [0.15, 0.2) is 12.1 Å². The van der Waals surface area contributed by atoms with Crippen molar-refractivity contribution < 1.29 is 4.79 Å². The van der Waals surface area contributed by atoms with Gasteiger partial charge in [0.15, 0.2) is 0 Å². The number of piperidine rings is 1. The fourth-order valence-corrected chi connectivity index (χ4v) is 3.46. The first kappa shape index (κ1) is 18.6. The van der Waals surface area contributed by atoms with Crippen molar-refractivity contribution in [3.05, 3.63) is 29.0 Å². The van der Waals surface area contributed by atoms with E-state index in [1.54, 1.807) is 0 Å². The second kappa shape index (κ2) is 7.60. The molecule has 0 radical (unpaired) electrons. The summed E-state index contributed by atoms with van der Waals surface area (Å²) in [5.41, 5.74) is 4.55. The minimum Gasteiger partial charge on any atom is -0.356 e. The fraction of sp³-hybridized carbons (Fsp3) is 0.571. The van der Waals surface area contributed by atoms with E-state index in [-0.39, 0.29) is 11.8 Å². The number of hydrogen-bond donors (Lipinski definition) is 1. The minimum absolute atomic E-state index is 0.108. The number of anilines is 1. The summed E-state index contributed by atoms with van der Waals surface area (Å²) in [6.07, 6.45) is 1.72. The Morgan fingerprint density at radius 3 is 2.46 bits per heavy atom. The zero-order chi connectivity index (χ0) is 18.8. The van der Waals surface area contributed by atoms with Crippen LogP contribution in [0.1, 0.15) is 43.5 Å². The number of aryl methyl sites for hydroxylation is 3. The predicted octanol–water partition coefficient (Wildman–Crippen LogP) is 3.54. The highest BCUT2D eigenvalue weighted by Crippen LogP contribution is 2.25. The Labute approximate surface area is 156 Å². The highest BCUT2D eigenvalue weighted by Gasteiger charge is 2.26. The van der Waals surface area contributed by atoms with Gasteiger partial charge in [-0.1, -0.05) is 13.8 Å². The minimum atomic E-state index is 0.108. The number of nitrogens with zero attached hydrogens (tertiary/aromatic N) is 3. The zero-order valence-electron chi connectivity index (χ0n) is 16.6. The third-order valence-corrected chi connectivity index (χ3v) is 5.32. The van der Waals surface area contributed by atoms with Crippen LogP contribution in [0, 0.1) is 32.6 Å². The van der Waals surface area contributed by atoms with Crippen molar-refractivity contribution >= 4 is 22.8 Å². The molecule has 1 saturated heterocycles. The molecule has 1 aliphatic heterocycles. The zero-order valence-corrected chi connectivity index (χ0v) is 16.6. The molecule has 1 aromatic carbocycles. The number of rotatable bonds is 4. The molecule has 0 saturated carbocycles. The first-order valence-corrected chi connectivity index (χ1v) is 9.63. The second-order valence-corrected chi connectivity index (χ2v) is 7.96. The fourth-order valence-electron chi connectivity index (χ4n) is 3.46. The average Bonchev–Trinajstić information content (AvgIpc) is 2.61. The Kier molecular flexibility index (Phi) is 5.44. The van der Waals surface area contributed by atoms with Gasteiger partial charge in [0.25, 0.3) is 0 Å². The molecule has 1 aromatic heterocycles. The number of carbonyl (C=O) groups is 1. The SMILES string of the molecule is Cc1cc2nc(N3CCC(C(=O)NCC(C)C)CC3)nc(C)c2cc1C. The topological polar surface area (TPSA) is 58.1 Å². The van der Waals surface area contributed by atoms with Gasteiger partial charge in [-0.25, -0.2) is 9.97 Å². The number of nitrogens with one attached hydrogen (secondary N) is 1. The van der Waals surface area contributed by atoms with Gasteiger partial charge in [-0.15, -0.1) is 0 Å². The van der Waals surface area contributed by atoms with E-state index in [1.165, 1.54) is 11.1 Å². The Morgan fingerprint density at radius 1 is 1.15 bits per heavy atom. The molecular weight excluding hydrogens is 324 g/mol. The Morgan fingerprint density at radius 2 is 1.81 bits per heavy atom. The van der Waals surface area contributed by atoms with Crippen LogP contribution >= 0.6 is 0 Å². The van der Waals surface area contributed by atoms with Crippen molar-refractivity contribution in [2.45, 2.75) is 47.5 Å². The number of amides is 1. The summed E-state index contributed by atoms with van der Waals surface area (Å²) in [6, 6.07) is 4.32. The van der Waals surface area contributed by atoms with Gasteiger partial charge >= 0.3 is 0 Å². The van der Waals surface area contributed by atoms with Crippen molar-refractivity contribution in [1.82, 2.24) is 15.3 Å². The summed E-state index contributed by atoms with van der Waals surface area (Å²) in [5.74, 6) is 1.58. The molecule has 0 spiro atoms. The molecule has 5 nitrogen and oxygen atoms in total. The van der Waals surface area contributed by atoms with E-state index in [9.17, 15) is 4.79 Å². The van der Waals surface area contributed by atoms with E-state index < -0.39 is 0 Å². The molecule has 26 heavy (non-hydrogen) atoms. The van der Waals surface area contributed by atoms with Crippen molar-refractivity contribution in [3.8, 4) is 0 Å². The van der Waals surface area contributed by atoms with Crippen LogP contribution in [0.5, 0.6) is 0 Å². The van der Waals surface area contributed by atoms with E-state index >= 15 is 0 Å². The Hall–Kier alpha value is -2.17. The maximum absolute atomic E-state index is 12.3. The molecule has 1 aliphatic rings. The maximum atomic E-state index is 12.3. The molecule has 0 bridgehead atoms. The lowest BCUT2D eigenvalue weighted by molar-refractivity contribution is -0.125. The number of fused-ring (bicyclic) bond motifs is 1. The van der Waals surface area contributed by atoms with Crippen LogP contribution in [0.3, 0.4) is 0 Å². The molecule has 2 heterocycles. The lowest BCUT2D eigenvalue weighted by atomic mass is 9.96. The first-order chi connectivity index (χ1) is 12.3.